The second-order valence-electron chi connectivity index (χ2n) is 7.21. The van der Waals surface area contributed by atoms with Crippen LogP contribution in [0.4, 0.5) is 0 Å². The largest absolute Gasteiger partial charge is 0.515 e. The zero-order valence-electron chi connectivity index (χ0n) is 16.2. The molecule has 1 aromatic rings. The van der Waals surface area contributed by atoms with Crippen LogP contribution in [0.5, 0.6) is 0 Å². The summed E-state index contributed by atoms with van der Waals surface area (Å²) in [5.74, 6) is 0.331. The molecule has 4 rings (SSSR count). The highest BCUT2D eigenvalue weighted by atomic mass is 16.2. The van der Waals surface area contributed by atoms with Gasteiger partial charge in [-0.2, -0.15) is 10.5 Å². The highest BCUT2D eigenvalue weighted by Gasteiger charge is 2.49. The van der Waals surface area contributed by atoms with E-state index >= 15 is 0 Å². The van der Waals surface area contributed by atoms with Gasteiger partial charge in [-0.25, -0.2) is 5.12 Å². The first-order valence-corrected chi connectivity index (χ1v) is 9.27. The number of nitrogens with zero attached hydrogens (tertiary/aromatic N) is 5. The SMILES string of the molecule is CC.CN1N=NC(c2c3c(nn2C)[C@@]2(C)C/C(=C/O)C(=O)CC2CC3)N1. The van der Waals surface area contributed by atoms with Gasteiger partial charge in [-0.05, 0) is 25.2 Å². The number of rotatable bonds is 1. The Morgan fingerprint density at radius 2 is 2.08 bits per heavy atom. The summed E-state index contributed by atoms with van der Waals surface area (Å²) >= 11 is 0. The molecule has 142 valence electrons. The smallest absolute Gasteiger partial charge is 0.183 e. The molecular formula is C18H28N6O2. The van der Waals surface area contributed by atoms with Crippen LogP contribution in [0.25, 0.3) is 0 Å². The molecule has 0 radical (unpaired) electrons. The number of nitrogens with one attached hydrogen (secondary N) is 1. The molecule has 3 atom stereocenters. The zero-order valence-corrected chi connectivity index (χ0v) is 16.2. The number of aromatic nitrogens is 2. The van der Waals surface area contributed by atoms with Gasteiger partial charge >= 0.3 is 0 Å². The highest BCUT2D eigenvalue weighted by Crippen LogP contribution is 2.51. The fraction of sp³-hybridized carbons (Fsp3) is 0.667. The Bertz CT molecular complexity index is 768. The molecule has 0 bridgehead atoms. The van der Waals surface area contributed by atoms with E-state index in [9.17, 15) is 9.90 Å². The molecule has 1 fully saturated rings. The number of hydrogen-bond donors (Lipinski definition) is 2. The number of ketones is 1. The average molecular weight is 360 g/mol. The van der Waals surface area contributed by atoms with E-state index in [1.165, 1.54) is 5.56 Å². The molecule has 1 aromatic heterocycles. The van der Waals surface area contributed by atoms with Gasteiger partial charge < -0.3 is 5.11 Å². The summed E-state index contributed by atoms with van der Waals surface area (Å²) in [5.41, 5.74) is 6.74. The third kappa shape index (κ3) is 2.72. The molecule has 0 spiro atoms. The Hall–Kier alpha value is -2.22. The lowest BCUT2D eigenvalue weighted by atomic mass is 9.59. The average Bonchev–Trinajstić information content (AvgIpc) is 3.20. The first-order valence-electron chi connectivity index (χ1n) is 9.27. The van der Waals surface area contributed by atoms with Gasteiger partial charge in [0.05, 0.1) is 17.6 Å². The van der Waals surface area contributed by atoms with Gasteiger partial charge in [0.2, 0.25) is 0 Å². The molecule has 26 heavy (non-hydrogen) atoms. The van der Waals surface area contributed by atoms with E-state index in [1.54, 1.807) is 5.12 Å². The van der Waals surface area contributed by atoms with E-state index in [-0.39, 0.29) is 23.3 Å². The third-order valence-corrected chi connectivity index (χ3v) is 5.75. The molecule has 0 aromatic carbocycles. The van der Waals surface area contributed by atoms with E-state index in [1.807, 2.05) is 32.6 Å². The number of carbonyl (C=O) groups excluding carboxylic acids is 1. The number of fused-ring (bicyclic) bond motifs is 3. The van der Waals surface area contributed by atoms with E-state index in [0.29, 0.717) is 18.4 Å². The van der Waals surface area contributed by atoms with Crippen LogP contribution in [0.3, 0.4) is 0 Å². The monoisotopic (exact) mass is 360 g/mol. The summed E-state index contributed by atoms with van der Waals surface area (Å²) in [6.45, 7) is 6.16. The normalized spacial score (nSPS) is 31.5. The summed E-state index contributed by atoms with van der Waals surface area (Å²) in [5, 5.41) is 24.1. The van der Waals surface area contributed by atoms with Gasteiger partial charge in [-0.15, -0.1) is 5.11 Å². The van der Waals surface area contributed by atoms with E-state index in [2.05, 4.69) is 22.7 Å². The second kappa shape index (κ2) is 6.83. The van der Waals surface area contributed by atoms with Crippen molar-refractivity contribution in [3.05, 3.63) is 28.8 Å². The van der Waals surface area contributed by atoms with Crippen molar-refractivity contribution in [2.24, 2.45) is 23.3 Å². The zero-order chi connectivity index (χ0) is 19.1. The predicted octanol–water partition coefficient (Wildman–Crippen LogP) is 2.89. The molecule has 1 saturated carbocycles. The van der Waals surface area contributed by atoms with Crippen LogP contribution in [-0.4, -0.2) is 32.8 Å². The van der Waals surface area contributed by atoms with E-state index in [4.69, 9.17) is 5.10 Å². The first-order chi connectivity index (χ1) is 12.4. The van der Waals surface area contributed by atoms with E-state index in [0.717, 1.165) is 30.5 Å². The molecule has 2 heterocycles. The quantitative estimate of drug-likeness (QED) is 0.593. The maximum Gasteiger partial charge on any atom is 0.183 e. The number of allylic oxidation sites excluding steroid dienone is 1. The fourth-order valence-electron chi connectivity index (χ4n) is 4.45. The minimum absolute atomic E-state index is 0.0625. The summed E-state index contributed by atoms with van der Waals surface area (Å²) in [4.78, 5) is 12.2. The van der Waals surface area contributed by atoms with Crippen LogP contribution in [0.15, 0.2) is 22.2 Å². The van der Waals surface area contributed by atoms with Crippen molar-refractivity contribution in [3.8, 4) is 0 Å². The van der Waals surface area contributed by atoms with Crippen LogP contribution in [0.1, 0.15) is 63.2 Å². The summed E-state index contributed by atoms with van der Waals surface area (Å²) in [6.07, 6.45) is 3.61. The first kappa shape index (κ1) is 18.6. The molecule has 2 unspecified atom stereocenters. The highest BCUT2D eigenvalue weighted by molar-refractivity contribution is 5.96. The van der Waals surface area contributed by atoms with Crippen LogP contribution in [0, 0.1) is 5.92 Å². The van der Waals surface area contributed by atoms with Gasteiger partial charge in [0.1, 0.15) is 0 Å². The van der Waals surface area contributed by atoms with Crippen molar-refractivity contribution in [1.29, 1.82) is 0 Å². The number of carbonyl (C=O) groups is 1. The fourth-order valence-corrected chi connectivity index (χ4v) is 4.45. The van der Waals surface area contributed by atoms with Gasteiger partial charge in [-0.1, -0.05) is 26.0 Å². The maximum atomic E-state index is 12.2. The lowest BCUT2D eigenvalue weighted by molar-refractivity contribution is -0.119. The number of hydrogen-bond acceptors (Lipinski definition) is 7. The topological polar surface area (TPSA) is 95.1 Å². The van der Waals surface area contributed by atoms with Crippen molar-refractivity contribution in [2.75, 3.05) is 7.05 Å². The molecule has 3 aliphatic rings. The molecular weight excluding hydrogens is 332 g/mol. The number of aryl methyl sites for hydroxylation is 1. The van der Waals surface area contributed by atoms with Crippen molar-refractivity contribution < 1.29 is 9.90 Å². The van der Waals surface area contributed by atoms with Crippen LogP contribution < -0.4 is 5.43 Å². The Kier molecular flexibility index (Phi) is 4.88. The van der Waals surface area contributed by atoms with Crippen LogP contribution in [0.2, 0.25) is 0 Å². The number of aliphatic hydroxyl groups is 1. The molecule has 1 aliphatic heterocycles. The standard InChI is InChI=1S/C16H22N6O2.C2H6/c1-16-7-9(8-23)12(24)6-10(16)4-5-11-13(21(2)18-14(11)16)15-17-20-22(3)19-15;1-2/h8,10,15,19,23H,4-7H2,1-3H3;1-2H3/b9-8-;/t10?,15?,16-;/m0./s1. The number of aliphatic hydroxyl groups excluding tert-OH is 1. The number of Topliss-reactive ketones (excluding diaryl/α,β-unsaturated/α-hetero) is 1. The summed E-state index contributed by atoms with van der Waals surface area (Å²) < 4.78 is 1.88. The Morgan fingerprint density at radius 1 is 1.35 bits per heavy atom. The Balaban J connectivity index is 0.000000948. The second-order valence-corrected chi connectivity index (χ2v) is 7.21. The van der Waals surface area contributed by atoms with Crippen LogP contribution in [-0.2, 0) is 23.7 Å². The van der Waals surface area contributed by atoms with Crippen molar-refractivity contribution in [1.82, 2.24) is 20.3 Å². The van der Waals surface area contributed by atoms with Crippen molar-refractivity contribution in [3.63, 3.8) is 0 Å². The number of hydrazine groups is 1. The van der Waals surface area contributed by atoms with Crippen molar-refractivity contribution >= 4 is 5.78 Å². The lowest BCUT2D eigenvalue weighted by Crippen LogP contribution is -2.43. The van der Waals surface area contributed by atoms with Gasteiger partial charge in [0.25, 0.3) is 0 Å². The molecule has 8 nitrogen and oxygen atoms in total. The molecule has 2 aliphatic carbocycles. The third-order valence-electron chi connectivity index (χ3n) is 5.75. The molecule has 0 saturated heterocycles. The summed E-state index contributed by atoms with van der Waals surface area (Å²) in [7, 11) is 3.74. The Morgan fingerprint density at radius 3 is 2.69 bits per heavy atom. The Labute approximate surface area is 153 Å². The lowest BCUT2D eigenvalue weighted by Gasteiger charge is -2.44. The van der Waals surface area contributed by atoms with E-state index < -0.39 is 0 Å². The molecule has 2 N–H and O–H groups in total. The molecule has 0 amide bonds. The maximum absolute atomic E-state index is 12.2. The van der Waals surface area contributed by atoms with Crippen LogP contribution >= 0.6 is 0 Å². The minimum atomic E-state index is -0.228. The molecule has 8 heteroatoms. The van der Waals surface area contributed by atoms with Crippen molar-refractivity contribution in [2.45, 2.75) is 58.0 Å². The van der Waals surface area contributed by atoms with Gasteiger partial charge in [0.15, 0.2) is 11.9 Å². The van der Waals surface area contributed by atoms with Gasteiger partial charge in [-0.3, -0.25) is 9.48 Å². The summed E-state index contributed by atoms with van der Waals surface area (Å²) in [6, 6.07) is 0. The van der Waals surface area contributed by atoms with Gasteiger partial charge in [0, 0.05) is 37.1 Å². The predicted molar refractivity (Wildman–Crippen MR) is 97.2 cm³/mol. The minimum Gasteiger partial charge on any atom is -0.515 e.